The molecule has 0 spiro atoms. The average Bonchev–Trinajstić information content (AvgIpc) is 3.55. The molecule has 9 rings (SSSR count). The van der Waals surface area contributed by atoms with Gasteiger partial charge < -0.3 is 0 Å². The van der Waals surface area contributed by atoms with Crippen LogP contribution >= 0.6 is 0 Å². The number of fused-ring (bicyclic) bond motifs is 5. The van der Waals surface area contributed by atoms with Crippen molar-refractivity contribution < 1.29 is 9.59 Å². The molecule has 8 nitrogen and oxygen atoms in total. The monoisotopic (exact) mass is 594 g/mol. The summed E-state index contributed by atoms with van der Waals surface area (Å²) in [5.41, 5.74) is 3.35. The Morgan fingerprint density at radius 2 is 0.957 bits per heavy atom. The molecule has 1 aliphatic heterocycles. The Hall–Kier alpha value is -6.54. The summed E-state index contributed by atoms with van der Waals surface area (Å²) in [6.07, 6.45) is 6.19. The first-order chi connectivity index (χ1) is 22.6. The standard InChI is InChI=1S/C38H22N6O2/c45-35-29(36(46)34-33(35)39-19-20-40-34)17-18-32-43(27-15-13-23-7-1-3-9-25(23)21-27)37-38(42-31-12-6-5-11-30(31)41-37)44(32)28-16-14-24-8-2-4-10-26(24)22-28/h1-22H. The van der Waals surface area contributed by atoms with Gasteiger partial charge in [0.1, 0.15) is 17.2 Å². The molecule has 0 atom stereocenters. The van der Waals surface area contributed by atoms with Crippen molar-refractivity contribution in [1.82, 2.24) is 19.9 Å². The smallest absolute Gasteiger partial charge is 0.217 e. The van der Waals surface area contributed by atoms with Gasteiger partial charge in [-0.15, -0.1) is 0 Å². The highest BCUT2D eigenvalue weighted by Crippen LogP contribution is 2.49. The number of Topliss-reactive ketones (excluding diaryl/α,β-unsaturated/α-hetero) is 2. The van der Waals surface area contributed by atoms with Crippen molar-refractivity contribution in [3.8, 4) is 0 Å². The van der Waals surface area contributed by atoms with Crippen LogP contribution in [0.2, 0.25) is 0 Å². The lowest BCUT2D eigenvalue weighted by Gasteiger charge is -2.25. The minimum absolute atomic E-state index is 0.00709. The first-order valence-corrected chi connectivity index (χ1v) is 14.8. The van der Waals surface area contributed by atoms with Crippen LogP contribution in [0, 0.1) is 0 Å². The van der Waals surface area contributed by atoms with Crippen molar-refractivity contribution in [3.05, 3.63) is 157 Å². The van der Waals surface area contributed by atoms with E-state index < -0.39 is 11.6 Å². The molecule has 1 aliphatic carbocycles. The summed E-state index contributed by atoms with van der Waals surface area (Å²) in [6.45, 7) is 0. The molecule has 5 aromatic carbocycles. The van der Waals surface area contributed by atoms with Gasteiger partial charge in [0.2, 0.25) is 11.6 Å². The van der Waals surface area contributed by atoms with Crippen molar-refractivity contribution in [1.29, 1.82) is 0 Å². The van der Waals surface area contributed by atoms with E-state index in [0.717, 1.165) is 44.0 Å². The van der Waals surface area contributed by atoms with E-state index in [2.05, 4.69) is 58.5 Å². The number of benzene rings is 5. The predicted octanol–water partition coefficient (Wildman–Crippen LogP) is 7.86. The fourth-order valence-electron chi connectivity index (χ4n) is 6.23. The lowest BCUT2D eigenvalue weighted by atomic mass is 10.1. The van der Waals surface area contributed by atoms with Crippen LogP contribution in [0.4, 0.5) is 23.0 Å². The second-order valence-electron chi connectivity index (χ2n) is 11.1. The number of aromatic nitrogens is 4. The van der Waals surface area contributed by atoms with Gasteiger partial charge in [-0.2, -0.15) is 0 Å². The lowest BCUT2D eigenvalue weighted by molar-refractivity contribution is 0.0986. The van der Waals surface area contributed by atoms with Crippen LogP contribution < -0.4 is 9.80 Å². The Morgan fingerprint density at radius 3 is 1.46 bits per heavy atom. The number of rotatable bonds is 3. The molecule has 0 bridgehead atoms. The highest BCUT2D eigenvalue weighted by molar-refractivity contribution is 6.38. The van der Waals surface area contributed by atoms with Crippen molar-refractivity contribution in [2.45, 2.75) is 0 Å². The van der Waals surface area contributed by atoms with Gasteiger partial charge in [-0.3, -0.25) is 19.4 Å². The molecule has 0 saturated carbocycles. The van der Waals surface area contributed by atoms with Gasteiger partial charge in [-0.25, -0.2) is 19.9 Å². The van der Waals surface area contributed by atoms with Crippen LogP contribution in [0.5, 0.6) is 0 Å². The SMILES string of the molecule is O=C1C(=CC=C2N(c3ccc4ccccc4c3)c3nc4ccccc4nc3N2c2ccc3ccccc3c2)C(=O)c2nccnc21. The fraction of sp³-hybridized carbons (Fsp3) is 0. The summed E-state index contributed by atoms with van der Waals surface area (Å²) < 4.78 is 0. The Labute approximate surface area is 262 Å². The molecule has 0 saturated heterocycles. The van der Waals surface area contributed by atoms with E-state index in [4.69, 9.17) is 9.97 Å². The number of carbonyl (C=O) groups is 2. The molecule has 0 radical (unpaired) electrons. The molecule has 0 amide bonds. The van der Waals surface area contributed by atoms with E-state index in [-0.39, 0.29) is 17.0 Å². The third-order valence-electron chi connectivity index (χ3n) is 8.42. The summed E-state index contributed by atoms with van der Waals surface area (Å²) in [7, 11) is 0. The van der Waals surface area contributed by atoms with Crippen molar-refractivity contribution in [2.24, 2.45) is 0 Å². The van der Waals surface area contributed by atoms with Gasteiger partial charge in [0, 0.05) is 23.8 Å². The number of nitrogens with zero attached hydrogens (tertiary/aromatic N) is 6. The van der Waals surface area contributed by atoms with E-state index in [1.54, 1.807) is 12.2 Å². The highest BCUT2D eigenvalue weighted by atomic mass is 16.2. The van der Waals surface area contributed by atoms with Crippen LogP contribution in [-0.4, -0.2) is 31.5 Å². The second-order valence-corrected chi connectivity index (χ2v) is 11.1. The molecule has 2 aromatic heterocycles. The van der Waals surface area contributed by atoms with Crippen molar-refractivity contribution >= 4 is 67.2 Å². The minimum Gasteiger partial charge on any atom is -0.287 e. The number of para-hydroxylation sites is 2. The molecule has 2 aliphatic rings. The van der Waals surface area contributed by atoms with Gasteiger partial charge in [-0.1, -0.05) is 72.8 Å². The first-order valence-electron chi connectivity index (χ1n) is 14.8. The van der Waals surface area contributed by atoms with Gasteiger partial charge in [0.15, 0.2) is 11.6 Å². The van der Waals surface area contributed by atoms with Crippen molar-refractivity contribution in [3.63, 3.8) is 0 Å². The molecule has 216 valence electrons. The predicted molar refractivity (Wildman–Crippen MR) is 179 cm³/mol. The first kappa shape index (κ1) is 25.9. The number of hydrogen-bond donors (Lipinski definition) is 0. The van der Waals surface area contributed by atoms with Crippen LogP contribution in [-0.2, 0) is 0 Å². The normalized spacial score (nSPS) is 14.0. The zero-order valence-corrected chi connectivity index (χ0v) is 24.2. The van der Waals surface area contributed by atoms with Crippen molar-refractivity contribution in [2.75, 3.05) is 9.80 Å². The number of anilines is 4. The maximum atomic E-state index is 13.3. The Bertz CT molecular complexity index is 2340. The maximum absolute atomic E-state index is 13.3. The third-order valence-corrected chi connectivity index (χ3v) is 8.42. The summed E-state index contributed by atoms with van der Waals surface area (Å²) in [5.74, 6) is 1.01. The summed E-state index contributed by atoms with van der Waals surface area (Å²) in [4.78, 5) is 49.2. The minimum atomic E-state index is -0.447. The lowest BCUT2D eigenvalue weighted by Crippen LogP contribution is -2.22. The van der Waals surface area contributed by atoms with Crippen LogP contribution in [0.15, 0.2) is 145 Å². The summed E-state index contributed by atoms with van der Waals surface area (Å²) >= 11 is 0. The fourth-order valence-corrected chi connectivity index (χ4v) is 6.23. The summed E-state index contributed by atoms with van der Waals surface area (Å²) in [6, 6.07) is 36.6. The molecule has 7 aromatic rings. The second kappa shape index (κ2) is 10.0. The Kier molecular flexibility index (Phi) is 5.63. The molecule has 8 heteroatoms. The largest absolute Gasteiger partial charge is 0.287 e. The van der Waals surface area contributed by atoms with Gasteiger partial charge >= 0.3 is 0 Å². The molecule has 0 N–H and O–H groups in total. The molecule has 46 heavy (non-hydrogen) atoms. The van der Waals surface area contributed by atoms with E-state index >= 15 is 0 Å². The number of carbonyl (C=O) groups excluding carboxylic acids is 2. The molecule has 3 heterocycles. The van der Waals surface area contributed by atoms with Crippen LogP contribution in [0.25, 0.3) is 32.6 Å². The number of ketones is 2. The molecular formula is C38H22N6O2. The summed E-state index contributed by atoms with van der Waals surface area (Å²) in [5, 5.41) is 4.33. The van der Waals surface area contributed by atoms with Gasteiger partial charge in [0.25, 0.3) is 0 Å². The zero-order chi connectivity index (χ0) is 30.8. The topological polar surface area (TPSA) is 92.2 Å². The zero-order valence-electron chi connectivity index (χ0n) is 24.2. The average molecular weight is 595 g/mol. The Balaban J connectivity index is 1.32. The van der Waals surface area contributed by atoms with E-state index in [1.165, 1.54) is 12.4 Å². The third kappa shape index (κ3) is 3.94. The van der Waals surface area contributed by atoms with Crippen LogP contribution in [0.3, 0.4) is 0 Å². The maximum Gasteiger partial charge on any atom is 0.217 e. The van der Waals surface area contributed by atoms with Gasteiger partial charge in [-0.05, 0) is 70.1 Å². The van der Waals surface area contributed by atoms with Crippen LogP contribution in [0.1, 0.15) is 21.0 Å². The molecule has 0 fully saturated rings. The number of allylic oxidation sites excluding steroid dienone is 3. The van der Waals surface area contributed by atoms with E-state index in [0.29, 0.717) is 17.5 Å². The highest BCUT2D eigenvalue weighted by Gasteiger charge is 2.38. The van der Waals surface area contributed by atoms with E-state index in [9.17, 15) is 9.59 Å². The molecular weight excluding hydrogens is 572 g/mol. The van der Waals surface area contributed by atoms with E-state index in [1.807, 2.05) is 70.5 Å². The number of hydrogen-bond acceptors (Lipinski definition) is 8. The molecule has 0 unspecified atom stereocenters. The van der Waals surface area contributed by atoms with Gasteiger partial charge in [0.05, 0.1) is 16.6 Å². The Morgan fingerprint density at radius 1 is 0.500 bits per heavy atom. The quantitative estimate of drug-likeness (QED) is 0.151.